The third kappa shape index (κ3) is 2.33. The number of hydrogen-bond donors (Lipinski definition) is 0. The normalized spacial score (nSPS) is 15.2. The standard InChI is InChI=1S/C14H14N2O2S/c17-19(18,13-6-2-1-3-7-13)16(12-9-10-12)14-8-4-5-11-15-14/h1-8,11-12H,9-10H2. The summed E-state index contributed by atoms with van der Waals surface area (Å²) < 4.78 is 26.8. The Balaban J connectivity index is 2.06. The van der Waals surface area contributed by atoms with Crippen LogP contribution in [0.3, 0.4) is 0 Å². The van der Waals surface area contributed by atoms with Crippen molar-refractivity contribution in [2.24, 2.45) is 0 Å². The fraction of sp³-hybridized carbons (Fsp3) is 0.214. The minimum absolute atomic E-state index is 0.0418. The molecule has 5 heteroatoms. The highest BCUT2D eigenvalue weighted by molar-refractivity contribution is 7.92. The molecule has 1 aromatic heterocycles. The van der Waals surface area contributed by atoms with Gasteiger partial charge in [-0.2, -0.15) is 0 Å². The Hall–Kier alpha value is -1.88. The first-order valence-electron chi connectivity index (χ1n) is 6.20. The van der Waals surface area contributed by atoms with Crippen LogP contribution in [0.4, 0.5) is 5.82 Å². The number of rotatable bonds is 4. The molecule has 1 aliphatic carbocycles. The van der Waals surface area contributed by atoms with Gasteiger partial charge < -0.3 is 0 Å². The number of aromatic nitrogens is 1. The topological polar surface area (TPSA) is 50.3 Å². The highest BCUT2D eigenvalue weighted by Crippen LogP contribution is 2.35. The van der Waals surface area contributed by atoms with Crippen LogP contribution in [0, 0.1) is 0 Å². The first-order valence-corrected chi connectivity index (χ1v) is 7.64. The average molecular weight is 274 g/mol. The van der Waals surface area contributed by atoms with Crippen molar-refractivity contribution in [3.63, 3.8) is 0 Å². The van der Waals surface area contributed by atoms with Gasteiger partial charge in [0.2, 0.25) is 0 Å². The van der Waals surface area contributed by atoms with Crippen LogP contribution in [0.2, 0.25) is 0 Å². The smallest absolute Gasteiger partial charge is 0.247 e. The summed E-state index contributed by atoms with van der Waals surface area (Å²) in [6.07, 6.45) is 3.40. The van der Waals surface area contributed by atoms with E-state index in [9.17, 15) is 8.42 Å². The monoisotopic (exact) mass is 274 g/mol. The summed E-state index contributed by atoms with van der Waals surface area (Å²) in [6.45, 7) is 0. The third-order valence-electron chi connectivity index (χ3n) is 3.05. The average Bonchev–Trinajstić information content (AvgIpc) is 3.25. The van der Waals surface area contributed by atoms with E-state index in [0.29, 0.717) is 10.7 Å². The number of anilines is 1. The largest absolute Gasteiger partial charge is 0.265 e. The molecule has 1 aliphatic rings. The van der Waals surface area contributed by atoms with Gasteiger partial charge in [-0.05, 0) is 37.1 Å². The van der Waals surface area contributed by atoms with Gasteiger partial charge in [-0.1, -0.05) is 24.3 Å². The van der Waals surface area contributed by atoms with E-state index in [2.05, 4.69) is 4.98 Å². The molecule has 0 saturated heterocycles. The molecule has 0 radical (unpaired) electrons. The van der Waals surface area contributed by atoms with E-state index in [1.54, 1.807) is 54.7 Å². The molecule has 0 bridgehead atoms. The van der Waals surface area contributed by atoms with Crippen LogP contribution in [0.25, 0.3) is 0 Å². The Morgan fingerprint density at radius 2 is 1.68 bits per heavy atom. The van der Waals surface area contributed by atoms with Crippen molar-refractivity contribution >= 4 is 15.8 Å². The quantitative estimate of drug-likeness (QED) is 0.860. The van der Waals surface area contributed by atoms with E-state index in [1.165, 1.54) is 4.31 Å². The van der Waals surface area contributed by atoms with E-state index in [-0.39, 0.29) is 6.04 Å². The van der Waals surface area contributed by atoms with Crippen LogP contribution >= 0.6 is 0 Å². The van der Waals surface area contributed by atoms with Gasteiger partial charge in [0.15, 0.2) is 0 Å². The van der Waals surface area contributed by atoms with Crippen molar-refractivity contribution < 1.29 is 8.42 Å². The predicted octanol–water partition coefficient (Wildman–Crippen LogP) is 2.44. The fourth-order valence-electron chi connectivity index (χ4n) is 2.01. The second-order valence-electron chi connectivity index (χ2n) is 4.53. The van der Waals surface area contributed by atoms with E-state index < -0.39 is 10.0 Å². The molecule has 3 rings (SSSR count). The summed E-state index contributed by atoms with van der Waals surface area (Å²) in [5.41, 5.74) is 0. The molecule has 0 aliphatic heterocycles. The van der Waals surface area contributed by atoms with Gasteiger partial charge in [0, 0.05) is 12.2 Å². The molecule has 0 atom stereocenters. The molecular weight excluding hydrogens is 260 g/mol. The molecule has 2 aromatic rings. The lowest BCUT2D eigenvalue weighted by molar-refractivity contribution is 0.589. The molecule has 4 nitrogen and oxygen atoms in total. The van der Waals surface area contributed by atoms with Crippen molar-refractivity contribution in [3.05, 3.63) is 54.7 Å². The van der Waals surface area contributed by atoms with Gasteiger partial charge in [0.25, 0.3) is 10.0 Å². The number of sulfonamides is 1. The van der Waals surface area contributed by atoms with Gasteiger partial charge in [-0.3, -0.25) is 0 Å². The van der Waals surface area contributed by atoms with E-state index in [4.69, 9.17) is 0 Å². The zero-order valence-corrected chi connectivity index (χ0v) is 11.1. The number of nitrogens with zero attached hydrogens (tertiary/aromatic N) is 2. The van der Waals surface area contributed by atoms with Crippen molar-refractivity contribution in [2.45, 2.75) is 23.8 Å². The third-order valence-corrected chi connectivity index (χ3v) is 4.92. The second kappa shape index (κ2) is 4.66. The zero-order valence-electron chi connectivity index (χ0n) is 10.3. The van der Waals surface area contributed by atoms with Crippen LogP contribution in [-0.4, -0.2) is 19.4 Å². The summed E-state index contributed by atoms with van der Waals surface area (Å²) in [4.78, 5) is 4.49. The lowest BCUT2D eigenvalue weighted by Crippen LogP contribution is -2.33. The van der Waals surface area contributed by atoms with Crippen LogP contribution < -0.4 is 4.31 Å². The Bertz CT molecular complexity index is 652. The maximum atomic E-state index is 12.7. The van der Waals surface area contributed by atoms with Gasteiger partial charge in [0.1, 0.15) is 5.82 Å². The summed E-state index contributed by atoms with van der Waals surface area (Å²) in [7, 11) is -3.52. The van der Waals surface area contributed by atoms with Gasteiger partial charge in [0.05, 0.1) is 4.90 Å². The molecule has 19 heavy (non-hydrogen) atoms. The highest BCUT2D eigenvalue weighted by Gasteiger charge is 2.38. The summed E-state index contributed by atoms with van der Waals surface area (Å²) in [6, 6.07) is 13.9. The number of benzene rings is 1. The van der Waals surface area contributed by atoms with E-state index in [0.717, 1.165) is 12.8 Å². The van der Waals surface area contributed by atoms with Gasteiger partial charge >= 0.3 is 0 Å². The Morgan fingerprint density at radius 3 is 2.26 bits per heavy atom. The Labute approximate surface area is 112 Å². The van der Waals surface area contributed by atoms with Crippen molar-refractivity contribution in [3.8, 4) is 0 Å². The second-order valence-corrected chi connectivity index (χ2v) is 6.35. The maximum absolute atomic E-state index is 12.7. The summed E-state index contributed by atoms with van der Waals surface area (Å²) in [5, 5.41) is 0. The SMILES string of the molecule is O=S(=O)(c1ccccc1)N(c1ccccn1)C1CC1. The van der Waals surface area contributed by atoms with Crippen molar-refractivity contribution in [1.82, 2.24) is 4.98 Å². The zero-order chi connectivity index (χ0) is 13.3. The Kier molecular flexibility index (Phi) is 2.98. The maximum Gasteiger partial charge on any atom is 0.265 e. The van der Waals surface area contributed by atoms with Gasteiger partial charge in [-0.25, -0.2) is 17.7 Å². The van der Waals surface area contributed by atoms with E-state index in [1.807, 2.05) is 0 Å². The van der Waals surface area contributed by atoms with Crippen LogP contribution in [0.5, 0.6) is 0 Å². The number of pyridine rings is 1. The number of hydrogen-bond acceptors (Lipinski definition) is 3. The molecule has 0 amide bonds. The highest BCUT2D eigenvalue weighted by atomic mass is 32.2. The first-order chi connectivity index (χ1) is 9.19. The minimum atomic E-state index is -3.52. The first kappa shape index (κ1) is 12.2. The van der Waals surface area contributed by atoms with E-state index >= 15 is 0 Å². The minimum Gasteiger partial charge on any atom is -0.247 e. The van der Waals surface area contributed by atoms with Crippen molar-refractivity contribution in [2.75, 3.05) is 4.31 Å². The molecule has 0 unspecified atom stereocenters. The van der Waals surface area contributed by atoms with Gasteiger partial charge in [-0.15, -0.1) is 0 Å². The summed E-state index contributed by atoms with van der Waals surface area (Å²) >= 11 is 0. The molecule has 1 saturated carbocycles. The Morgan fingerprint density at radius 1 is 1.00 bits per heavy atom. The molecular formula is C14H14N2O2S. The lowest BCUT2D eigenvalue weighted by atomic mass is 10.4. The molecule has 0 N–H and O–H groups in total. The molecule has 1 fully saturated rings. The summed E-state index contributed by atoms with van der Waals surface area (Å²) in [5.74, 6) is 0.494. The van der Waals surface area contributed by atoms with Crippen LogP contribution in [-0.2, 0) is 10.0 Å². The van der Waals surface area contributed by atoms with Crippen LogP contribution in [0.1, 0.15) is 12.8 Å². The molecule has 1 aromatic carbocycles. The molecule has 0 spiro atoms. The predicted molar refractivity (Wildman–Crippen MR) is 73.4 cm³/mol. The van der Waals surface area contributed by atoms with Crippen LogP contribution in [0.15, 0.2) is 59.6 Å². The van der Waals surface area contributed by atoms with Crippen molar-refractivity contribution in [1.29, 1.82) is 0 Å². The fourth-order valence-corrected chi connectivity index (χ4v) is 3.69. The lowest BCUT2D eigenvalue weighted by Gasteiger charge is -2.23. The molecule has 98 valence electrons. The molecule has 1 heterocycles.